The second kappa shape index (κ2) is 6.56. The third-order valence-corrected chi connectivity index (χ3v) is 4.58. The fraction of sp³-hybridized carbons (Fsp3) is 0.846. The van der Waals surface area contributed by atoms with Gasteiger partial charge in [0.15, 0.2) is 0 Å². The molecule has 0 radical (unpaired) electrons. The minimum absolute atomic E-state index is 0.0140. The van der Waals surface area contributed by atoms with E-state index in [9.17, 15) is 9.36 Å². The monoisotopic (exact) mass is 269 g/mol. The summed E-state index contributed by atoms with van der Waals surface area (Å²) in [6, 6.07) is -0.158. The van der Waals surface area contributed by atoms with Crippen molar-refractivity contribution < 1.29 is 14.1 Å². The van der Waals surface area contributed by atoms with E-state index in [4.69, 9.17) is 4.74 Å². The van der Waals surface area contributed by atoms with E-state index >= 15 is 0 Å². The Bertz CT molecular complexity index is 405. The molecule has 2 fully saturated rings. The van der Waals surface area contributed by atoms with Gasteiger partial charge in [-0.05, 0) is 0 Å². The number of carbonyl (C=O) groups is 1. The van der Waals surface area contributed by atoms with E-state index in [0.717, 1.165) is 32.2 Å². The van der Waals surface area contributed by atoms with E-state index in [1.165, 1.54) is 0 Å². The molecule has 2 aliphatic rings. The quantitative estimate of drug-likeness (QED) is 0.616. The first-order valence-electron chi connectivity index (χ1n) is 6.72. The molecular weight excluding hydrogens is 249 g/mol. The number of hydrogen-bond acceptors (Lipinski definition) is 4. The van der Waals surface area contributed by atoms with Crippen LogP contribution < -0.4 is 5.32 Å². The second-order valence-corrected chi connectivity index (χ2v) is 5.64. The standard InChI is InChI=1S/C13H20NO3P/c1-2-17-13(15)12-6-11-5-9(8-18-16)3-4-10(11)7-14-12/h9-12,14H,2-7H2,1H3. The zero-order chi connectivity index (χ0) is 13.0. The number of esters is 1. The van der Waals surface area contributed by atoms with Crippen LogP contribution in [0.15, 0.2) is 0 Å². The molecule has 1 aliphatic heterocycles. The molecule has 1 saturated heterocycles. The van der Waals surface area contributed by atoms with E-state index in [-0.39, 0.29) is 19.9 Å². The average molecular weight is 269 g/mol. The van der Waals surface area contributed by atoms with Gasteiger partial charge in [-0.3, -0.25) is 0 Å². The summed E-state index contributed by atoms with van der Waals surface area (Å²) in [6.07, 6.45) is 4.07. The number of ether oxygens (including phenoxy) is 1. The van der Waals surface area contributed by atoms with Gasteiger partial charge in [-0.1, -0.05) is 0 Å². The summed E-state index contributed by atoms with van der Waals surface area (Å²) in [4.78, 5) is 11.7. The fourth-order valence-corrected chi connectivity index (χ4v) is 3.56. The number of rotatable bonds is 2. The average Bonchev–Trinajstić information content (AvgIpc) is 2.38. The maximum absolute atomic E-state index is 11.7. The molecule has 0 aromatic rings. The third-order valence-electron chi connectivity index (χ3n) is 4.11. The predicted molar refractivity (Wildman–Crippen MR) is 68.9 cm³/mol. The number of hydrogen-bond donors (Lipinski definition) is 1. The molecule has 5 heteroatoms. The molecule has 0 bridgehead atoms. The zero-order valence-electron chi connectivity index (χ0n) is 10.7. The maximum atomic E-state index is 11.7. The van der Waals surface area contributed by atoms with Crippen molar-refractivity contribution in [2.24, 2.45) is 17.8 Å². The Morgan fingerprint density at radius 2 is 2.22 bits per heavy atom. The van der Waals surface area contributed by atoms with Crippen molar-refractivity contribution >= 4 is 13.9 Å². The van der Waals surface area contributed by atoms with Crippen LogP contribution in [0, 0.1) is 23.4 Å². The van der Waals surface area contributed by atoms with Crippen LogP contribution in [0.1, 0.15) is 32.6 Å². The molecule has 1 N–H and O–H groups in total. The van der Waals surface area contributed by atoms with Crippen molar-refractivity contribution in [3.63, 3.8) is 0 Å². The van der Waals surface area contributed by atoms with Gasteiger partial charge in [0, 0.05) is 0 Å². The Balaban J connectivity index is 1.94. The fourth-order valence-electron chi connectivity index (χ4n) is 3.18. The van der Waals surface area contributed by atoms with Crippen LogP contribution in [0.4, 0.5) is 0 Å². The van der Waals surface area contributed by atoms with E-state index < -0.39 is 0 Å². The minimum atomic E-state index is -0.158. The molecule has 0 spiro atoms. The molecular formula is C13H20NO3P. The predicted octanol–water partition coefficient (Wildman–Crippen LogP) is 2.19. The van der Waals surface area contributed by atoms with Gasteiger partial charge in [0.05, 0.1) is 0 Å². The molecule has 1 aliphatic carbocycles. The Labute approximate surface area is 109 Å². The van der Waals surface area contributed by atoms with Crippen LogP contribution in [0.5, 0.6) is 0 Å². The summed E-state index contributed by atoms with van der Waals surface area (Å²) in [5.74, 6) is 1.38. The summed E-state index contributed by atoms with van der Waals surface area (Å²) < 4.78 is 15.7. The molecule has 100 valence electrons. The summed E-state index contributed by atoms with van der Waals surface area (Å²) in [6.45, 7) is 3.16. The summed E-state index contributed by atoms with van der Waals surface area (Å²) in [7, 11) is 0.0140. The normalized spacial score (nSPS) is 35.2. The summed E-state index contributed by atoms with van der Waals surface area (Å²) >= 11 is 0. The molecule has 0 amide bonds. The van der Waals surface area contributed by atoms with Crippen molar-refractivity contribution in [3.8, 4) is 5.63 Å². The van der Waals surface area contributed by atoms with Gasteiger partial charge in [-0.2, -0.15) is 0 Å². The third kappa shape index (κ3) is 3.26. The van der Waals surface area contributed by atoms with Gasteiger partial charge in [0.25, 0.3) is 0 Å². The van der Waals surface area contributed by atoms with Crippen molar-refractivity contribution in [2.45, 2.75) is 38.6 Å². The first-order valence-corrected chi connectivity index (χ1v) is 7.53. The number of piperidine rings is 1. The van der Waals surface area contributed by atoms with Crippen molar-refractivity contribution in [2.75, 3.05) is 13.2 Å². The van der Waals surface area contributed by atoms with Gasteiger partial charge in [-0.15, -0.1) is 0 Å². The first-order chi connectivity index (χ1) is 8.74. The molecule has 1 heterocycles. The van der Waals surface area contributed by atoms with Gasteiger partial charge < -0.3 is 0 Å². The van der Waals surface area contributed by atoms with Crippen LogP contribution in [0.2, 0.25) is 0 Å². The Kier molecular flexibility index (Phi) is 5.05. The van der Waals surface area contributed by atoms with Crippen LogP contribution in [-0.2, 0) is 14.1 Å². The molecule has 2 rings (SSSR count). The Morgan fingerprint density at radius 1 is 1.39 bits per heavy atom. The molecule has 4 nitrogen and oxygen atoms in total. The van der Waals surface area contributed by atoms with Crippen LogP contribution in [-0.4, -0.2) is 25.2 Å². The molecule has 1 saturated carbocycles. The molecule has 4 atom stereocenters. The van der Waals surface area contributed by atoms with Crippen LogP contribution in [0.25, 0.3) is 0 Å². The number of nitrogens with one attached hydrogen (secondary N) is 1. The Hall–Kier alpha value is -0.560. The second-order valence-electron chi connectivity index (χ2n) is 5.20. The first kappa shape index (κ1) is 13.9. The van der Waals surface area contributed by atoms with Crippen molar-refractivity contribution in [1.29, 1.82) is 0 Å². The zero-order valence-corrected chi connectivity index (χ0v) is 11.6. The van der Waals surface area contributed by atoms with E-state index in [1.807, 2.05) is 6.92 Å². The van der Waals surface area contributed by atoms with E-state index in [0.29, 0.717) is 24.4 Å². The molecule has 4 unspecified atom stereocenters. The van der Waals surface area contributed by atoms with Crippen LogP contribution >= 0.6 is 7.92 Å². The van der Waals surface area contributed by atoms with Gasteiger partial charge in [0.2, 0.25) is 0 Å². The van der Waals surface area contributed by atoms with Crippen molar-refractivity contribution in [1.82, 2.24) is 5.32 Å². The van der Waals surface area contributed by atoms with Crippen LogP contribution in [0.3, 0.4) is 0 Å². The Morgan fingerprint density at radius 3 is 2.94 bits per heavy atom. The van der Waals surface area contributed by atoms with Gasteiger partial charge in [-0.25, -0.2) is 0 Å². The van der Waals surface area contributed by atoms with E-state index in [2.05, 4.69) is 10.9 Å². The van der Waals surface area contributed by atoms with E-state index in [1.54, 1.807) is 0 Å². The van der Waals surface area contributed by atoms with Gasteiger partial charge in [0.1, 0.15) is 0 Å². The number of carbonyl (C=O) groups excluding carboxylic acids is 1. The summed E-state index contributed by atoms with van der Waals surface area (Å²) in [5, 5.41) is 3.29. The van der Waals surface area contributed by atoms with Gasteiger partial charge >= 0.3 is 108 Å². The number of fused-ring (bicyclic) bond motifs is 1. The molecule has 0 aromatic heterocycles. The molecule has 0 aromatic carbocycles. The SMILES string of the molecule is CCOC(=O)C1CC2CC(C#P=O)CCC2CN1. The van der Waals surface area contributed by atoms with Crippen molar-refractivity contribution in [3.05, 3.63) is 0 Å². The topological polar surface area (TPSA) is 55.4 Å². The molecule has 18 heavy (non-hydrogen) atoms. The summed E-state index contributed by atoms with van der Waals surface area (Å²) in [5.41, 5.74) is 2.97.